The third-order valence-corrected chi connectivity index (χ3v) is 3.94. The highest BCUT2D eigenvalue weighted by Gasteiger charge is 2.28. The molecule has 0 radical (unpaired) electrons. The number of nitriles is 1. The van der Waals surface area contributed by atoms with Crippen molar-refractivity contribution >= 4 is 17.7 Å². The zero-order valence-electron chi connectivity index (χ0n) is 10.1. The van der Waals surface area contributed by atoms with E-state index in [0.29, 0.717) is 12.3 Å². The van der Waals surface area contributed by atoms with Crippen LogP contribution >= 0.6 is 11.8 Å². The van der Waals surface area contributed by atoms with Gasteiger partial charge in [-0.3, -0.25) is 4.79 Å². The van der Waals surface area contributed by atoms with E-state index in [4.69, 9.17) is 5.26 Å². The third-order valence-electron chi connectivity index (χ3n) is 2.92. The summed E-state index contributed by atoms with van der Waals surface area (Å²) in [6, 6.07) is 6.66. The van der Waals surface area contributed by atoms with E-state index in [-0.39, 0.29) is 17.2 Å². The second-order valence-electron chi connectivity index (χ2n) is 4.24. The van der Waals surface area contributed by atoms with Crippen LogP contribution in [0.5, 0.6) is 5.75 Å². The van der Waals surface area contributed by atoms with Crippen molar-refractivity contribution in [2.45, 2.75) is 13.0 Å². The molecule has 1 aliphatic rings. The van der Waals surface area contributed by atoms with Crippen molar-refractivity contribution in [3.05, 3.63) is 29.3 Å². The molecule has 0 bridgehead atoms. The van der Waals surface area contributed by atoms with Crippen molar-refractivity contribution in [2.24, 2.45) is 0 Å². The number of aromatic hydroxyl groups is 1. The number of phenolic OH excluding ortho intramolecular Hbond substituents is 1. The van der Waals surface area contributed by atoms with Gasteiger partial charge in [0.15, 0.2) is 0 Å². The average molecular weight is 262 g/mol. The van der Waals surface area contributed by atoms with Crippen LogP contribution in [0, 0.1) is 18.3 Å². The van der Waals surface area contributed by atoms with Crippen molar-refractivity contribution in [1.29, 1.82) is 5.26 Å². The van der Waals surface area contributed by atoms with E-state index in [1.807, 2.05) is 6.92 Å². The molecule has 18 heavy (non-hydrogen) atoms. The van der Waals surface area contributed by atoms with E-state index in [1.54, 1.807) is 28.8 Å². The Balaban J connectivity index is 2.30. The first-order valence-corrected chi connectivity index (χ1v) is 6.87. The average Bonchev–Trinajstić information content (AvgIpc) is 2.40. The first-order valence-electron chi connectivity index (χ1n) is 5.71. The summed E-state index contributed by atoms with van der Waals surface area (Å²) in [5.41, 5.74) is 1.19. The summed E-state index contributed by atoms with van der Waals surface area (Å²) in [7, 11) is 0. The van der Waals surface area contributed by atoms with Gasteiger partial charge < -0.3 is 10.0 Å². The highest BCUT2D eigenvalue weighted by molar-refractivity contribution is 7.99. The number of carbonyl (C=O) groups excluding carboxylic acids is 1. The van der Waals surface area contributed by atoms with Crippen LogP contribution in [0.1, 0.15) is 15.9 Å². The number of rotatable bonds is 1. The normalized spacial score (nSPS) is 19.3. The fourth-order valence-electron chi connectivity index (χ4n) is 1.93. The molecule has 1 aliphatic heterocycles. The number of hydrogen-bond donors (Lipinski definition) is 1. The van der Waals surface area contributed by atoms with Crippen LogP contribution in [-0.2, 0) is 0 Å². The molecule has 1 N–H and O–H groups in total. The maximum atomic E-state index is 12.3. The lowest BCUT2D eigenvalue weighted by molar-refractivity contribution is 0.0734. The predicted octanol–water partition coefficient (Wildman–Crippen LogP) is 1.78. The molecule has 1 fully saturated rings. The number of thioether (sulfide) groups is 1. The van der Waals surface area contributed by atoms with E-state index in [2.05, 4.69) is 6.07 Å². The van der Waals surface area contributed by atoms with Gasteiger partial charge in [0.05, 0.1) is 11.6 Å². The van der Waals surface area contributed by atoms with Crippen LogP contribution in [0.2, 0.25) is 0 Å². The molecule has 5 heteroatoms. The standard InChI is InChI=1S/C13H14N2O2S/c1-9-2-3-12(16)11(6-9)13(17)15-4-5-18-8-10(15)7-14/h2-3,6,10,16H,4-5,8H2,1H3/t10-/m1/s1. The fraction of sp³-hybridized carbons (Fsp3) is 0.385. The number of hydrogen-bond acceptors (Lipinski definition) is 4. The molecule has 0 aliphatic carbocycles. The Hall–Kier alpha value is -1.67. The van der Waals surface area contributed by atoms with E-state index in [1.165, 1.54) is 6.07 Å². The first-order chi connectivity index (χ1) is 8.63. The number of amides is 1. The molecule has 94 valence electrons. The van der Waals surface area contributed by atoms with Gasteiger partial charge in [-0.05, 0) is 19.1 Å². The Morgan fingerprint density at radius 2 is 2.39 bits per heavy atom. The highest BCUT2D eigenvalue weighted by atomic mass is 32.2. The lowest BCUT2D eigenvalue weighted by Crippen LogP contribution is -2.45. The van der Waals surface area contributed by atoms with E-state index in [9.17, 15) is 9.90 Å². The van der Waals surface area contributed by atoms with Gasteiger partial charge >= 0.3 is 0 Å². The summed E-state index contributed by atoms with van der Waals surface area (Å²) < 4.78 is 0. The summed E-state index contributed by atoms with van der Waals surface area (Å²) >= 11 is 1.67. The second kappa shape index (κ2) is 5.32. The minimum atomic E-state index is -0.406. The van der Waals surface area contributed by atoms with Gasteiger partial charge in [-0.25, -0.2) is 0 Å². The van der Waals surface area contributed by atoms with Gasteiger partial charge in [-0.1, -0.05) is 11.6 Å². The Morgan fingerprint density at radius 3 is 3.11 bits per heavy atom. The lowest BCUT2D eigenvalue weighted by Gasteiger charge is -2.31. The largest absolute Gasteiger partial charge is 0.507 e. The van der Waals surface area contributed by atoms with Gasteiger partial charge in [-0.2, -0.15) is 17.0 Å². The molecular formula is C13H14N2O2S. The smallest absolute Gasteiger partial charge is 0.258 e. The second-order valence-corrected chi connectivity index (χ2v) is 5.39. The number of aryl methyl sites for hydroxylation is 1. The number of nitrogens with zero attached hydrogens (tertiary/aromatic N) is 2. The zero-order chi connectivity index (χ0) is 13.1. The molecule has 0 saturated carbocycles. The molecule has 1 aromatic carbocycles. The van der Waals surface area contributed by atoms with Crippen molar-refractivity contribution in [3.63, 3.8) is 0 Å². The Bertz CT molecular complexity index is 510. The van der Waals surface area contributed by atoms with Gasteiger partial charge in [0.25, 0.3) is 5.91 Å². The van der Waals surface area contributed by atoms with Crippen molar-refractivity contribution in [3.8, 4) is 11.8 Å². The van der Waals surface area contributed by atoms with Gasteiger partial charge in [-0.15, -0.1) is 0 Å². The summed E-state index contributed by atoms with van der Waals surface area (Å²) in [6.07, 6.45) is 0. The highest BCUT2D eigenvalue weighted by Crippen LogP contribution is 2.24. The van der Waals surface area contributed by atoms with Crippen LogP contribution in [0.3, 0.4) is 0 Å². The predicted molar refractivity (Wildman–Crippen MR) is 70.6 cm³/mol. The summed E-state index contributed by atoms with van der Waals surface area (Å²) in [5.74, 6) is 1.18. The van der Waals surface area contributed by atoms with Crippen molar-refractivity contribution in [1.82, 2.24) is 4.90 Å². The molecule has 1 heterocycles. The van der Waals surface area contributed by atoms with Crippen LogP contribution in [0.4, 0.5) is 0 Å². The van der Waals surface area contributed by atoms with E-state index >= 15 is 0 Å². The van der Waals surface area contributed by atoms with Gasteiger partial charge in [0, 0.05) is 18.1 Å². The summed E-state index contributed by atoms with van der Waals surface area (Å²) in [5, 5.41) is 18.8. The monoisotopic (exact) mass is 262 g/mol. The van der Waals surface area contributed by atoms with Crippen molar-refractivity contribution < 1.29 is 9.90 Å². The molecule has 0 spiro atoms. The van der Waals surface area contributed by atoms with E-state index in [0.717, 1.165) is 11.3 Å². The molecule has 0 unspecified atom stereocenters. The Kier molecular flexibility index (Phi) is 3.78. The fourth-order valence-corrected chi connectivity index (χ4v) is 2.90. The zero-order valence-corrected chi connectivity index (χ0v) is 10.9. The molecular weight excluding hydrogens is 248 g/mol. The molecule has 1 amide bonds. The van der Waals surface area contributed by atoms with Crippen molar-refractivity contribution in [2.75, 3.05) is 18.1 Å². The first kappa shape index (κ1) is 12.8. The Labute approximate surface area is 110 Å². The van der Waals surface area contributed by atoms with Crippen LogP contribution < -0.4 is 0 Å². The number of carbonyl (C=O) groups is 1. The maximum absolute atomic E-state index is 12.3. The summed E-state index contributed by atoms with van der Waals surface area (Å²) in [6.45, 7) is 2.42. The SMILES string of the molecule is Cc1ccc(O)c(C(=O)N2CCSC[C@H]2C#N)c1. The minimum absolute atomic E-state index is 0.0273. The Morgan fingerprint density at radius 1 is 1.61 bits per heavy atom. The third kappa shape index (κ3) is 2.44. The molecule has 1 aromatic rings. The maximum Gasteiger partial charge on any atom is 0.258 e. The van der Waals surface area contributed by atoms with Gasteiger partial charge in [0.1, 0.15) is 11.8 Å². The minimum Gasteiger partial charge on any atom is -0.507 e. The van der Waals surface area contributed by atoms with Crippen LogP contribution in [0.25, 0.3) is 0 Å². The molecule has 0 aromatic heterocycles. The quantitative estimate of drug-likeness (QED) is 0.838. The topological polar surface area (TPSA) is 64.3 Å². The lowest BCUT2D eigenvalue weighted by atomic mass is 10.1. The number of phenols is 1. The molecule has 2 rings (SSSR count). The molecule has 1 saturated heterocycles. The van der Waals surface area contributed by atoms with Gasteiger partial charge in [0.2, 0.25) is 0 Å². The summed E-state index contributed by atoms with van der Waals surface area (Å²) in [4.78, 5) is 13.9. The van der Waals surface area contributed by atoms with Crippen LogP contribution in [-0.4, -0.2) is 40.0 Å². The molecule has 4 nitrogen and oxygen atoms in total. The molecule has 1 atom stereocenters. The van der Waals surface area contributed by atoms with Crippen LogP contribution in [0.15, 0.2) is 18.2 Å². The van der Waals surface area contributed by atoms with E-state index < -0.39 is 6.04 Å². The number of benzene rings is 1.